The maximum Gasteiger partial charge on any atom is 0.321 e. The van der Waals surface area contributed by atoms with E-state index in [1.165, 1.54) is 0 Å². The Balaban J connectivity index is 1.46. The van der Waals surface area contributed by atoms with E-state index in [0.717, 1.165) is 65.2 Å². The first-order chi connectivity index (χ1) is 14.7. The Morgan fingerprint density at radius 1 is 1.03 bits per heavy atom. The van der Waals surface area contributed by atoms with Gasteiger partial charge in [-0.2, -0.15) is 0 Å². The Labute approximate surface area is 175 Å². The number of aromatic amines is 1. The monoisotopic (exact) mass is 397 g/mol. The van der Waals surface area contributed by atoms with Crippen molar-refractivity contribution in [1.82, 2.24) is 19.9 Å². The van der Waals surface area contributed by atoms with Gasteiger partial charge in [-0.1, -0.05) is 36.4 Å². The largest absolute Gasteiger partial charge is 0.337 e. The van der Waals surface area contributed by atoms with E-state index in [9.17, 15) is 4.79 Å². The third kappa shape index (κ3) is 3.52. The fourth-order valence-corrected chi connectivity index (χ4v) is 3.89. The van der Waals surface area contributed by atoms with Gasteiger partial charge in [0.05, 0.1) is 5.52 Å². The van der Waals surface area contributed by atoms with E-state index in [1.54, 1.807) is 0 Å². The van der Waals surface area contributed by atoms with Gasteiger partial charge in [-0.25, -0.2) is 14.8 Å². The number of fused-ring (bicyclic) bond motifs is 1. The van der Waals surface area contributed by atoms with Gasteiger partial charge in [0.15, 0.2) is 5.65 Å². The molecular formula is C24H23N5O. The van der Waals surface area contributed by atoms with E-state index >= 15 is 0 Å². The number of aryl methyl sites for hydroxylation is 1. The highest BCUT2D eigenvalue weighted by Gasteiger charge is 2.18. The lowest BCUT2D eigenvalue weighted by Gasteiger charge is -2.16. The fourth-order valence-electron chi connectivity index (χ4n) is 3.89. The topological polar surface area (TPSA) is 73.9 Å². The van der Waals surface area contributed by atoms with Crippen LogP contribution in [0.2, 0.25) is 0 Å². The SMILES string of the molecule is Cc1ccc(NC(=O)N2CCCC2)cc1-c1nc2ncc(-c3ccccc3)cc2[nH]1. The van der Waals surface area contributed by atoms with Gasteiger partial charge in [-0.05, 0) is 49.1 Å². The van der Waals surface area contributed by atoms with Crippen molar-refractivity contribution < 1.29 is 4.79 Å². The molecule has 6 nitrogen and oxygen atoms in total. The van der Waals surface area contributed by atoms with Gasteiger partial charge >= 0.3 is 6.03 Å². The summed E-state index contributed by atoms with van der Waals surface area (Å²) < 4.78 is 0. The highest BCUT2D eigenvalue weighted by atomic mass is 16.2. The minimum absolute atomic E-state index is 0.0407. The molecule has 3 heterocycles. The van der Waals surface area contributed by atoms with Gasteiger partial charge < -0.3 is 15.2 Å². The number of aromatic nitrogens is 3. The predicted molar refractivity (Wildman–Crippen MR) is 119 cm³/mol. The Kier molecular flexibility index (Phi) is 4.67. The molecule has 4 aromatic rings. The second kappa shape index (κ2) is 7.63. The molecule has 1 aliphatic heterocycles. The van der Waals surface area contributed by atoms with Crippen molar-refractivity contribution in [2.75, 3.05) is 18.4 Å². The molecule has 0 radical (unpaired) electrons. The number of hydrogen-bond donors (Lipinski definition) is 2. The van der Waals surface area contributed by atoms with Crippen molar-refractivity contribution >= 4 is 22.9 Å². The molecule has 0 aliphatic carbocycles. The highest BCUT2D eigenvalue weighted by molar-refractivity contribution is 5.90. The number of benzene rings is 2. The third-order valence-corrected chi connectivity index (χ3v) is 5.58. The quantitative estimate of drug-likeness (QED) is 0.497. The molecular weight excluding hydrogens is 374 g/mol. The molecule has 30 heavy (non-hydrogen) atoms. The first-order valence-electron chi connectivity index (χ1n) is 10.3. The van der Waals surface area contributed by atoms with Crippen molar-refractivity contribution in [3.8, 4) is 22.5 Å². The molecule has 2 aromatic carbocycles. The number of urea groups is 1. The van der Waals surface area contributed by atoms with Gasteiger partial charge in [-0.15, -0.1) is 0 Å². The number of carbonyl (C=O) groups excluding carboxylic acids is 1. The van der Waals surface area contributed by atoms with Crippen LogP contribution in [-0.2, 0) is 0 Å². The summed E-state index contributed by atoms with van der Waals surface area (Å²) >= 11 is 0. The Bertz CT molecular complexity index is 1210. The number of likely N-dealkylation sites (tertiary alicyclic amines) is 1. The number of anilines is 1. The number of nitrogens with one attached hydrogen (secondary N) is 2. The number of carbonyl (C=O) groups is 1. The van der Waals surface area contributed by atoms with Gasteiger partial charge in [-0.3, -0.25) is 0 Å². The standard InChI is InChI=1S/C24H23N5O/c1-16-9-10-19(26-24(30)29-11-5-6-12-29)14-20(16)22-27-21-13-18(15-25-23(21)28-22)17-7-3-2-4-8-17/h2-4,7-10,13-15H,5-6,11-12H2,1H3,(H,26,30)(H,25,27,28). The van der Waals surface area contributed by atoms with Crippen LogP contribution in [-0.4, -0.2) is 39.0 Å². The number of amides is 2. The first kappa shape index (κ1) is 18.4. The number of H-pyrrole nitrogens is 1. The molecule has 1 fully saturated rings. The second-order valence-electron chi connectivity index (χ2n) is 7.70. The Hall–Kier alpha value is -3.67. The van der Waals surface area contributed by atoms with Crippen LogP contribution in [0.15, 0.2) is 60.8 Å². The number of imidazole rings is 1. The van der Waals surface area contributed by atoms with E-state index in [4.69, 9.17) is 0 Å². The van der Waals surface area contributed by atoms with Crippen LogP contribution in [0.5, 0.6) is 0 Å². The van der Waals surface area contributed by atoms with Crippen LogP contribution in [0.25, 0.3) is 33.7 Å². The van der Waals surface area contributed by atoms with Crippen molar-refractivity contribution in [2.24, 2.45) is 0 Å². The molecule has 5 rings (SSSR count). The molecule has 0 saturated carbocycles. The molecule has 0 atom stereocenters. The first-order valence-corrected chi connectivity index (χ1v) is 10.3. The maximum absolute atomic E-state index is 12.4. The van der Waals surface area contributed by atoms with Crippen LogP contribution in [0.3, 0.4) is 0 Å². The zero-order valence-corrected chi connectivity index (χ0v) is 16.9. The van der Waals surface area contributed by atoms with Gasteiger partial charge in [0.1, 0.15) is 5.82 Å². The number of nitrogens with zero attached hydrogens (tertiary/aromatic N) is 3. The minimum Gasteiger partial charge on any atom is -0.337 e. The molecule has 0 bridgehead atoms. The Morgan fingerprint density at radius 2 is 1.83 bits per heavy atom. The summed E-state index contributed by atoms with van der Waals surface area (Å²) in [7, 11) is 0. The van der Waals surface area contributed by atoms with E-state index < -0.39 is 0 Å². The highest BCUT2D eigenvalue weighted by Crippen LogP contribution is 2.28. The summed E-state index contributed by atoms with van der Waals surface area (Å²) in [4.78, 5) is 26.9. The number of pyridine rings is 1. The average molecular weight is 397 g/mol. The normalized spacial score (nSPS) is 13.7. The van der Waals surface area contributed by atoms with Crippen LogP contribution >= 0.6 is 0 Å². The zero-order valence-electron chi connectivity index (χ0n) is 16.9. The second-order valence-corrected chi connectivity index (χ2v) is 7.70. The van der Waals surface area contributed by atoms with Gasteiger partial charge in [0.2, 0.25) is 0 Å². The summed E-state index contributed by atoms with van der Waals surface area (Å²) in [5.74, 6) is 0.748. The number of hydrogen-bond acceptors (Lipinski definition) is 3. The van der Waals surface area contributed by atoms with Crippen LogP contribution in [0.4, 0.5) is 10.5 Å². The summed E-state index contributed by atoms with van der Waals surface area (Å²) in [6.45, 7) is 3.69. The summed E-state index contributed by atoms with van der Waals surface area (Å²) in [5.41, 5.74) is 6.52. The van der Waals surface area contributed by atoms with E-state index in [2.05, 4.69) is 38.5 Å². The third-order valence-electron chi connectivity index (χ3n) is 5.58. The van der Waals surface area contributed by atoms with Crippen molar-refractivity contribution in [3.05, 3.63) is 66.4 Å². The molecule has 2 amide bonds. The lowest BCUT2D eigenvalue weighted by Crippen LogP contribution is -2.32. The van der Waals surface area contributed by atoms with Crippen molar-refractivity contribution in [1.29, 1.82) is 0 Å². The fraction of sp³-hybridized carbons (Fsp3) is 0.208. The van der Waals surface area contributed by atoms with E-state index in [1.807, 2.05) is 54.4 Å². The van der Waals surface area contributed by atoms with E-state index in [-0.39, 0.29) is 6.03 Å². The van der Waals surface area contributed by atoms with Crippen molar-refractivity contribution in [3.63, 3.8) is 0 Å². The summed E-state index contributed by atoms with van der Waals surface area (Å²) in [6.07, 6.45) is 3.99. The molecule has 6 heteroatoms. The smallest absolute Gasteiger partial charge is 0.321 e. The zero-order chi connectivity index (χ0) is 20.5. The molecule has 1 saturated heterocycles. The Morgan fingerprint density at radius 3 is 2.63 bits per heavy atom. The lowest BCUT2D eigenvalue weighted by molar-refractivity contribution is 0.222. The van der Waals surface area contributed by atoms with Crippen LogP contribution < -0.4 is 5.32 Å². The predicted octanol–water partition coefficient (Wildman–Crippen LogP) is 5.23. The van der Waals surface area contributed by atoms with Gasteiger partial charge in [0.25, 0.3) is 0 Å². The van der Waals surface area contributed by atoms with Crippen LogP contribution in [0, 0.1) is 6.92 Å². The van der Waals surface area contributed by atoms with Gasteiger partial charge in [0, 0.05) is 36.1 Å². The minimum atomic E-state index is -0.0407. The lowest BCUT2D eigenvalue weighted by atomic mass is 10.1. The molecule has 150 valence electrons. The molecule has 1 aliphatic rings. The number of rotatable bonds is 3. The molecule has 0 spiro atoms. The molecule has 2 N–H and O–H groups in total. The average Bonchev–Trinajstić information content (AvgIpc) is 3.45. The van der Waals surface area contributed by atoms with E-state index in [0.29, 0.717) is 5.65 Å². The summed E-state index contributed by atoms with van der Waals surface area (Å²) in [5, 5.41) is 3.02. The van der Waals surface area contributed by atoms with Crippen LogP contribution in [0.1, 0.15) is 18.4 Å². The maximum atomic E-state index is 12.4. The molecule has 0 unspecified atom stereocenters. The van der Waals surface area contributed by atoms with Crippen molar-refractivity contribution in [2.45, 2.75) is 19.8 Å². The molecule has 2 aromatic heterocycles. The summed E-state index contributed by atoms with van der Waals surface area (Å²) in [6, 6.07) is 18.1.